The SMILES string of the molecule is Cc1cc(OC2CCCN(C(=O)C(C)(C)C)C2)nc(C)n1. The quantitative estimate of drug-likeness (QED) is 0.840. The fourth-order valence-electron chi connectivity index (χ4n) is 2.61. The van der Waals surface area contributed by atoms with Gasteiger partial charge in [0.1, 0.15) is 11.9 Å². The van der Waals surface area contributed by atoms with Crippen molar-refractivity contribution in [3.8, 4) is 5.88 Å². The maximum atomic E-state index is 12.4. The first-order valence-electron chi connectivity index (χ1n) is 7.54. The smallest absolute Gasteiger partial charge is 0.228 e. The number of rotatable bonds is 2. The Morgan fingerprint density at radius 2 is 2.05 bits per heavy atom. The molecule has 5 heteroatoms. The van der Waals surface area contributed by atoms with E-state index in [9.17, 15) is 4.79 Å². The molecule has 1 saturated heterocycles. The molecule has 1 fully saturated rings. The van der Waals surface area contributed by atoms with Crippen molar-refractivity contribution in [3.63, 3.8) is 0 Å². The monoisotopic (exact) mass is 291 g/mol. The van der Waals surface area contributed by atoms with Gasteiger partial charge in [0.15, 0.2) is 0 Å². The number of likely N-dealkylation sites (tertiary alicyclic amines) is 1. The van der Waals surface area contributed by atoms with Crippen LogP contribution in [0.3, 0.4) is 0 Å². The van der Waals surface area contributed by atoms with Crippen LogP contribution in [0.2, 0.25) is 0 Å². The van der Waals surface area contributed by atoms with Gasteiger partial charge in [-0.1, -0.05) is 20.8 Å². The van der Waals surface area contributed by atoms with Gasteiger partial charge in [0.25, 0.3) is 0 Å². The number of ether oxygens (including phenoxy) is 1. The highest BCUT2D eigenvalue weighted by atomic mass is 16.5. The number of amides is 1. The number of nitrogens with zero attached hydrogens (tertiary/aromatic N) is 3. The number of hydrogen-bond acceptors (Lipinski definition) is 4. The summed E-state index contributed by atoms with van der Waals surface area (Å²) in [6, 6.07) is 1.84. The molecular formula is C16H25N3O2. The van der Waals surface area contributed by atoms with Gasteiger partial charge in [-0.2, -0.15) is 4.98 Å². The average molecular weight is 291 g/mol. The Balaban J connectivity index is 2.03. The fourth-order valence-corrected chi connectivity index (χ4v) is 2.61. The number of aryl methyl sites for hydroxylation is 2. The van der Waals surface area contributed by atoms with Crippen LogP contribution < -0.4 is 4.74 Å². The van der Waals surface area contributed by atoms with Crippen molar-refractivity contribution >= 4 is 5.91 Å². The molecule has 1 aromatic rings. The van der Waals surface area contributed by atoms with E-state index in [2.05, 4.69) is 9.97 Å². The molecule has 0 bridgehead atoms. The van der Waals surface area contributed by atoms with Crippen LogP contribution in [-0.2, 0) is 4.79 Å². The van der Waals surface area contributed by atoms with E-state index in [0.717, 1.165) is 25.1 Å². The Labute approximate surface area is 126 Å². The van der Waals surface area contributed by atoms with E-state index in [1.807, 2.05) is 45.6 Å². The summed E-state index contributed by atoms with van der Waals surface area (Å²) in [6.45, 7) is 11.1. The summed E-state index contributed by atoms with van der Waals surface area (Å²) in [5.74, 6) is 1.50. The second-order valence-electron chi connectivity index (χ2n) is 6.78. The normalized spacial score (nSPS) is 19.5. The molecule has 0 spiro atoms. The van der Waals surface area contributed by atoms with Crippen LogP contribution in [0.4, 0.5) is 0 Å². The number of carbonyl (C=O) groups is 1. The van der Waals surface area contributed by atoms with E-state index < -0.39 is 0 Å². The molecular weight excluding hydrogens is 266 g/mol. The predicted molar refractivity (Wildman–Crippen MR) is 81.2 cm³/mol. The zero-order valence-electron chi connectivity index (χ0n) is 13.6. The maximum Gasteiger partial charge on any atom is 0.228 e. The van der Waals surface area contributed by atoms with E-state index in [-0.39, 0.29) is 17.4 Å². The molecule has 0 radical (unpaired) electrons. The van der Waals surface area contributed by atoms with Crippen LogP contribution in [0.15, 0.2) is 6.07 Å². The summed E-state index contributed by atoms with van der Waals surface area (Å²) < 4.78 is 5.97. The molecule has 1 aliphatic heterocycles. The first-order valence-corrected chi connectivity index (χ1v) is 7.54. The van der Waals surface area contributed by atoms with E-state index >= 15 is 0 Å². The lowest BCUT2D eigenvalue weighted by Crippen LogP contribution is -2.48. The minimum Gasteiger partial charge on any atom is -0.472 e. The van der Waals surface area contributed by atoms with E-state index in [4.69, 9.17) is 4.74 Å². The molecule has 0 aromatic carbocycles. The minimum absolute atomic E-state index is 0.0127. The molecule has 1 aromatic heterocycles. The van der Waals surface area contributed by atoms with Gasteiger partial charge in [0.2, 0.25) is 11.8 Å². The molecule has 0 aliphatic carbocycles. The molecule has 1 unspecified atom stereocenters. The average Bonchev–Trinajstić information content (AvgIpc) is 2.35. The Morgan fingerprint density at radius 1 is 1.33 bits per heavy atom. The summed E-state index contributed by atoms with van der Waals surface area (Å²) in [6.07, 6.45) is 1.93. The van der Waals surface area contributed by atoms with Gasteiger partial charge < -0.3 is 9.64 Å². The van der Waals surface area contributed by atoms with Crippen molar-refractivity contribution < 1.29 is 9.53 Å². The second-order valence-corrected chi connectivity index (χ2v) is 6.78. The number of carbonyl (C=O) groups excluding carboxylic acids is 1. The topological polar surface area (TPSA) is 55.3 Å². The molecule has 1 aliphatic rings. The molecule has 2 rings (SSSR count). The first-order chi connectivity index (χ1) is 9.75. The summed E-state index contributed by atoms with van der Waals surface area (Å²) >= 11 is 0. The molecule has 2 heterocycles. The zero-order valence-corrected chi connectivity index (χ0v) is 13.6. The van der Waals surface area contributed by atoms with Crippen LogP contribution in [0.25, 0.3) is 0 Å². The molecule has 0 N–H and O–H groups in total. The third-order valence-corrected chi connectivity index (χ3v) is 3.54. The molecule has 21 heavy (non-hydrogen) atoms. The van der Waals surface area contributed by atoms with Crippen LogP contribution in [0.1, 0.15) is 45.1 Å². The van der Waals surface area contributed by atoms with Crippen molar-refractivity contribution in [2.24, 2.45) is 5.41 Å². The fraction of sp³-hybridized carbons (Fsp3) is 0.688. The minimum atomic E-state index is -0.343. The lowest BCUT2D eigenvalue weighted by atomic mass is 9.93. The Kier molecular flexibility index (Phi) is 4.49. The summed E-state index contributed by atoms with van der Waals surface area (Å²) in [4.78, 5) is 22.8. The van der Waals surface area contributed by atoms with Gasteiger partial charge in [-0.3, -0.25) is 4.79 Å². The van der Waals surface area contributed by atoms with Gasteiger partial charge in [-0.05, 0) is 26.7 Å². The summed E-state index contributed by atoms with van der Waals surface area (Å²) in [5, 5.41) is 0. The molecule has 1 atom stereocenters. The van der Waals surface area contributed by atoms with Gasteiger partial charge >= 0.3 is 0 Å². The first kappa shape index (κ1) is 15.7. The standard InChI is InChI=1S/C16H25N3O2/c1-11-9-14(18-12(2)17-11)21-13-7-6-8-19(10-13)15(20)16(3,4)5/h9,13H,6-8,10H2,1-5H3. The zero-order chi connectivity index (χ0) is 15.6. The largest absolute Gasteiger partial charge is 0.472 e. The number of hydrogen-bond donors (Lipinski definition) is 0. The summed E-state index contributed by atoms with van der Waals surface area (Å²) in [5.41, 5.74) is 0.556. The lowest BCUT2D eigenvalue weighted by molar-refractivity contribution is -0.142. The van der Waals surface area contributed by atoms with E-state index in [0.29, 0.717) is 18.2 Å². The second kappa shape index (κ2) is 6.00. The highest BCUT2D eigenvalue weighted by Gasteiger charge is 2.31. The van der Waals surface area contributed by atoms with Crippen molar-refractivity contribution in [1.29, 1.82) is 0 Å². The van der Waals surface area contributed by atoms with Crippen molar-refractivity contribution in [2.45, 2.75) is 53.6 Å². The van der Waals surface area contributed by atoms with Crippen LogP contribution >= 0.6 is 0 Å². The maximum absolute atomic E-state index is 12.4. The third-order valence-electron chi connectivity index (χ3n) is 3.54. The predicted octanol–water partition coefficient (Wildman–Crippen LogP) is 2.51. The molecule has 116 valence electrons. The highest BCUT2D eigenvalue weighted by Crippen LogP contribution is 2.23. The number of aromatic nitrogens is 2. The summed E-state index contributed by atoms with van der Waals surface area (Å²) in [7, 11) is 0. The van der Waals surface area contributed by atoms with Gasteiger partial charge in [-0.15, -0.1) is 0 Å². The third kappa shape index (κ3) is 4.16. The Bertz CT molecular complexity index is 502. The Hall–Kier alpha value is -1.65. The molecule has 0 saturated carbocycles. The van der Waals surface area contributed by atoms with Gasteiger partial charge in [0.05, 0.1) is 6.54 Å². The lowest BCUT2D eigenvalue weighted by Gasteiger charge is -2.36. The van der Waals surface area contributed by atoms with Crippen molar-refractivity contribution in [2.75, 3.05) is 13.1 Å². The van der Waals surface area contributed by atoms with E-state index in [1.165, 1.54) is 0 Å². The van der Waals surface area contributed by atoms with Crippen LogP contribution in [-0.4, -0.2) is 40.0 Å². The van der Waals surface area contributed by atoms with Gasteiger partial charge in [-0.25, -0.2) is 4.98 Å². The van der Waals surface area contributed by atoms with Crippen molar-refractivity contribution in [3.05, 3.63) is 17.6 Å². The van der Waals surface area contributed by atoms with Crippen LogP contribution in [0, 0.1) is 19.3 Å². The molecule has 5 nitrogen and oxygen atoms in total. The Morgan fingerprint density at radius 3 is 2.67 bits per heavy atom. The van der Waals surface area contributed by atoms with E-state index in [1.54, 1.807) is 0 Å². The highest BCUT2D eigenvalue weighted by molar-refractivity contribution is 5.81. The number of piperidine rings is 1. The van der Waals surface area contributed by atoms with Crippen molar-refractivity contribution in [1.82, 2.24) is 14.9 Å². The molecule has 1 amide bonds. The van der Waals surface area contributed by atoms with Gasteiger partial charge in [0, 0.05) is 23.7 Å². The van der Waals surface area contributed by atoms with Crippen LogP contribution in [0.5, 0.6) is 5.88 Å².